The van der Waals surface area contributed by atoms with Gasteiger partial charge in [-0.25, -0.2) is 0 Å². The number of nitrogens with two attached hydrogens (primary N) is 1. The van der Waals surface area contributed by atoms with Crippen molar-refractivity contribution in [1.82, 2.24) is 0 Å². The molecule has 0 fully saturated rings. The van der Waals surface area contributed by atoms with Crippen molar-refractivity contribution < 1.29 is 28.8 Å². The van der Waals surface area contributed by atoms with Crippen molar-refractivity contribution in [2.45, 2.75) is 51.5 Å². The number of carbonyl (C=O) groups is 1. The molecule has 0 aliphatic rings. The Morgan fingerprint density at radius 3 is 1.97 bits per heavy atom. The number of carboxylic acid groups (broad SMARTS) is 1. The smallest absolute Gasteiger partial charge is 0.303 e. The number of aliphatic carboxylic acids is 1. The van der Waals surface area contributed by atoms with E-state index in [1.54, 1.807) is 0 Å². The van der Waals surface area contributed by atoms with Crippen LogP contribution in [0.3, 0.4) is 0 Å². The molecule has 0 aliphatic heterocycles. The van der Waals surface area contributed by atoms with Gasteiger partial charge in [-0.05, 0) is 49.8 Å². The maximum absolute atomic E-state index is 10.3. The van der Waals surface area contributed by atoms with E-state index in [4.69, 9.17) is 29.8 Å². The normalized spacial score (nSPS) is 10.6. The van der Waals surface area contributed by atoms with Crippen molar-refractivity contribution in [2.24, 2.45) is 5.73 Å². The quantitative estimate of drug-likeness (QED) is 0.293. The second kappa shape index (κ2) is 20.9. The van der Waals surface area contributed by atoms with Crippen LogP contribution in [0.5, 0.6) is 5.75 Å². The van der Waals surface area contributed by atoms with Crippen LogP contribution >= 0.6 is 12.4 Å². The Hall–Kier alpha value is -1.38. The third-order valence-corrected chi connectivity index (χ3v) is 4.26. The summed E-state index contributed by atoms with van der Waals surface area (Å²) >= 11 is 0. The molecule has 0 saturated carbocycles. The second-order valence-corrected chi connectivity index (χ2v) is 6.80. The summed E-state index contributed by atoms with van der Waals surface area (Å²) in [6.45, 7) is 4.83. The second-order valence-electron chi connectivity index (χ2n) is 6.80. The van der Waals surface area contributed by atoms with Crippen LogP contribution in [0, 0.1) is 0 Å². The van der Waals surface area contributed by atoms with Crippen LogP contribution in [0.25, 0.3) is 0 Å². The first-order valence-electron chi connectivity index (χ1n) is 10.6. The summed E-state index contributed by atoms with van der Waals surface area (Å²) in [5.74, 6) is 0.131. The minimum absolute atomic E-state index is 0. The van der Waals surface area contributed by atoms with E-state index in [-0.39, 0.29) is 18.8 Å². The van der Waals surface area contributed by atoms with Gasteiger partial charge in [-0.3, -0.25) is 4.79 Å². The Kier molecular flexibility index (Phi) is 19.9. The molecule has 174 valence electrons. The molecule has 1 aromatic carbocycles. The average molecular weight is 448 g/mol. The monoisotopic (exact) mass is 447 g/mol. The summed E-state index contributed by atoms with van der Waals surface area (Å²) in [5, 5.41) is 8.51. The number of unbranched alkanes of at least 4 members (excludes halogenated alkanes) is 4. The first-order chi connectivity index (χ1) is 14.2. The molecule has 0 bridgehead atoms. The van der Waals surface area contributed by atoms with E-state index in [1.807, 2.05) is 24.3 Å². The zero-order valence-electron chi connectivity index (χ0n) is 17.9. The molecule has 0 amide bonds. The van der Waals surface area contributed by atoms with Gasteiger partial charge in [0, 0.05) is 26.2 Å². The molecule has 7 nitrogen and oxygen atoms in total. The van der Waals surface area contributed by atoms with E-state index in [9.17, 15) is 4.79 Å². The van der Waals surface area contributed by atoms with Crippen LogP contribution in [-0.4, -0.2) is 57.3 Å². The van der Waals surface area contributed by atoms with E-state index >= 15 is 0 Å². The molecule has 0 heterocycles. The largest absolute Gasteiger partial charge is 0.494 e. The molecule has 0 saturated heterocycles. The van der Waals surface area contributed by atoms with E-state index in [0.717, 1.165) is 56.6 Å². The molecule has 8 heteroatoms. The molecule has 30 heavy (non-hydrogen) atoms. The Morgan fingerprint density at radius 1 is 0.800 bits per heavy atom. The van der Waals surface area contributed by atoms with Gasteiger partial charge in [-0.2, -0.15) is 0 Å². The fourth-order valence-corrected chi connectivity index (χ4v) is 2.63. The molecular formula is C22H38ClNO6. The molecule has 0 aliphatic carbocycles. The molecule has 1 rings (SSSR count). The summed E-state index contributed by atoms with van der Waals surface area (Å²) < 4.78 is 22.1. The molecule has 0 unspecified atom stereocenters. The lowest BCUT2D eigenvalue weighted by Crippen LogP contribution is -2.10. The molecule has 0 spiro atoms. The summed E-state index contributed by atoms with van der Waals surface area (Å²) in [6.07, 6.45) is 5.95. The van der Waals surface area contributed by atoms with Crippen molar-refractivity contribution in [3.8, 4) is 5.75 Å². The maximum atomic E-state index is 10.3. The lowest BCUT2D eigenvalue weighted by Gasteiger charge is -2.08. The molecule has 3 N–H and O–H groups in total. The molecule has 1 aromatic rings. The highest BCUT2D eigenvalue weighted by molar-refractivity contribution is 5.85. The number of ether oxygens (including phenoxy) is 4. The Balaban J connectivity index is 0.00000841. The van der Waals surface area contributed by atoms with Crippen LogP contribution in [0.4, 0.5) is 0 Å². The molecular weight excluding hydrogens is 410 g/mol. The van der Waals surface area contributed by atoms with Gasteiger partial charge >= 0.3 is 5.97 Å². The van der Waals surface area contributed by atoms with Gasteiger partial charge in [0.15, 0.2) is 0 Å². The lowest BCUT2D eigenvalue weighted by atomic mass is 10.2. The van der Waals surface area contributed by atoms with E-state index < -0.39 is 5.97 Å². The summed E-state index contributed by atoms with van der Waals surface area (Å²) in [4.78, 5) is 10.3. The standard InChI is InChI=1S/C22H37NO6.ClH/c23-19-20-8-7-9-21(18-20)29-13-5-2-1-4-11-26-14-16-28-17-15-27-12-6-3-10-22(24)25;/h7-9,18H,1-6,10-17,19,23H2,(H,24,25);1H. The Bertz CT molecular complexity index is 532. The van der Waals surface area contributed by atoms with E-state index in [1.165, 1.54) is 0 Å². The minimum atomic E-state index is -0.757. The van der Waals surface area contributed by atoms with Crippen molar-refractivity contribution in [2.75, 3.05) is 46.2 Å². The van der Waals surface area contributed by atoms with E-state index in [2.05, 4.69) is 0 Å². The molecule has 0 aromatic heterocycles. The van der Waals surface area contributed by atoms with Crippen LogP contribution in [0.2, 0.25) is 0 Å². The summed E-state index contributed by atoms with van der Waals surface area (Å²) in [7, 11) is 0. The van der Waals surface area contributed by atoms with Gasteiger partial charge < -0.3 is 29.8 Å². The maximum Gasteiger partial charge on any atom is 0.303 e. The number of benzene rings is 1. The SMILES string of the molecule is Cl.NCc1cccc(OCCCCCCOCCOCCOCCCCC(=O)O)c1. The zero-order chi connectivity index (χ0) is 21.0. The topological polar surface area (TPSA) is 100 Å². The fraction of sp³-hybridized carbons (Fsp3) is 0.682. The van der Waals surface area contributed by atoms with Gasteiger partial charge in [0.1, 0.15) is 5.75 Å². The summed E-state index contributed by atoms with van der Waals surface area (Å²) in [5.41, 5.74) is 6.71. The van der Waals surface area contributed by atoms with Crippen LogP contribution < -0.4 is 10.5 Å². The van der Waals surface area contributed by atoms with Gasteiger partial charge in [0.25, 0.3) is 0 Å². The van der Waals surface area contributed by atoms with Crippen molar-refractivity contribution in [3.05, 3.63) is 29.8 Å². The van der Waals surface area contributed by atoms with Crippen LogP contribution in [0.15, 0.2) is 24.3 Å². The minimum Gasteiger partial charge on any atom is -0.494 e. The van der Waals surface area contributed by atoms with Crippen molar-refractivity contribution in [1.29, 1.82) is 0 Å². The molecule has 0 atom stereocenters. The van der Waals surface area contributed by atoms with Crippen molar-refractivity contribution in [3.63, 3.8) is 0 Å². The number of carboxylic acids is 1. The van der Waals surface area contributed by atoms with E-state index in [0.29, 0.717) is 46.0 Å². The lowest BCUT2D eigenvalue weighted by molar-refractivity contribution is -0.137. The first kappa shape index (κ1) is 28.6. The van der Waals surface area contributed by atoms with Gasteiger partial charge in [0.05, 0.1) is 33.0 Å². The number of halogens is 1. The predicted molar refractivity (Wildman–Crippen MR) is 119 cm³/mol. The third-order valence-electron chi connectivity index (χ3n) is 4.26. The Morgan fingerprint density at radius 2 is 1.37 bits per heavy atom. The van der Waals surface area contributed by atoms with Crippen LogP contribution in [0.1, 0.15) is 50.5 Å². The summed E-state index contributed by atoms with van der Waals surface area (Å²) in [6, 6.07) is 7.92. The van der Waals surface area contributed by atoms with Gasteiger partial charge in [-0.15, -0.1) is 12.4 Å². The average Bonchev–Trinajstić information content (AvgIpc) is 2.72. The highest BCUT2D eigenvalue weighted by Crippen LogP contribution is 2.13. The number of hydrogen-bond donors (Lipinski definition) is 2. The van der Waals surface area contributed by atoms with Gasteiger partial charge in [0.2, 0.25) is 0 Å². The fourth-order valence-electron chi connectivity index (χ4n) is 2.63. The number of hydrogen-bond acceptors (Lipinski definition) is 6. The first-order valence-corrected chi connectivity index (χ1v) is 10.6. The van der Waals surface area contributed by atoms with Crippen LogP contribution in [-0.2, 0) is 25.5 Å². The highest BCUT2D eigenvalue weighted by atomic mass is 35.5. The Labute approximate surface area is 186 Å². The highest BCUT2D eigenvalue weighted by Gasteiger charge is 1.98. The van der Waals surface area contributed by atoms with Crippen molar-refractivity contribution >= 4 is 18.4 Å². The zero-order valence-corrected chi connectivity index (χ0v) is 18.7. The van der Waals surface area contributed by atoms with Gasteiger partial charge in [-0.1, -0.05) is 18.6 Å². The molecule has 0 radical (unpaired) electrons. The predicted octanol–water partition coefficient (Wildman–Crippen LogP) is 3.81. The third kappa shape index (κ3) is 17.5. The number of rotatable bonds is 20.